The molecule has 0 aliphatic carbocycles. The van der Waals surface area contributed by atoms with Crippen LogP contribution in [-0.2, 0) is 4.79 Å². The van der Waals surface area contributed by atoms with Crippen molar-refractivity contribution in [2.45, 2.75) is 250 Å². The van der Waals surface area contributed by atoms with Crippen LogP contribution in [-0.4, -0.2) is 46.1 Å². The van der Waals surface area contributed by atoms with Gasteiger partial charge >= 0.3 is 0 Å². The Morgan fingerprint density at radius 1 is 0.480 bits per heavy atom. The first-order valence-corrected chi connectivity index (χ1v) is 22.2. The van der Waals surface area contributed by atoms with E-state index in [2.05, 4.69) is 31.3 Å². The number of unbranched alkanes of at least 4 members (excludes halogenated alkanes) is 30. The van der Waals surface area contributed by atoms with Gasteiger partial charge in [0.05, 0.1) is 18.8 Å². The lowest BCUT2D eigenvalue weighted by molar-refractivity contribution is -0.131. The molecule has 5 nitrogen and oxygen atoms in total. The van der Waals surface area contributed by atoms with Crippen LogP contribution in [0.15, 0.2) is 24.3 Å². The molecule has 4 N–H and O–H groups in total. The summed E-state index contributed by atoms with van der Waals surface area (Å²) < 4.78 is 0. The molecular formula is C45H87NO4. The second-order valence-corrected chi connectivity index (χ2v) is 15.3. The van der Waals surface area contributed by atoms with Gasteiger partial charge in [-0.15, -0.1) is 0 Å². The Bertz CT molecular complexity index is 739. The summed E-state index contributed by atoms with van der Waals surface area (Å²) in [6.07, 6.45) is 49.4. The van der Waals surface area contributed by atoms with Crippen LogP contribution in [0.1, 0.15) is 232 Å². The highest BCUT2D eigenvalue weighted by Gasteiger charge is 2.22. The van der Waals surface area contributed by atoms with E-state index in [-0.39, 0.29) is 6.61 Å². The molecule has 3 atom stereocenters. The molecule has 0 aromatic rings. The SMILES string of the molecule is CCCCCCCCCC/C=C/C(O)C(CO)NC(=O)C(O)CCCCCCCCCCCC/C=C\CCCCCCCCCCCCCC. The second-order valence-electron chi connectivity index (χ2n) is 15.3. The van der Waals surface area contributed by atoms with Crippen LogP contribution >= 0.6 is 0 Å². The maximum atomic E-state index is 12.4. The van der Waals surface area contributed by atoms with Crippen molar-refractivity contribution in [3.8, 4) is 0 Å². The monoisotopic (exact) mass is 706 g/mol. The van der Waals surface area contributed by atoms with Gasteiger partial charge in [-0.05, 0) is 44.9 Å². The summed E-state index contributed by atoms with van der Waals surface area (Å²) in [5.74, 6) is -0.505. The molecule has 3 unspecified atom stereocenters. The van der Waals surface area contributed by atoms with Gasteiger partial charge in [0.2, 0.25) is 5.91 Å². The quantitative estimate of drug-likeness (QED) is 0.0377. The number of nitrogens with one attached hydrogen (secondary N) is 1. The average Bonchev–Trinajstić information content (AvgIpc) is 3.12. The van der Waals surface area contributed by atoms with E-state index in [1.807, 2.05) is 6.08 Å². The van der Waals surface area contributed by atoms with Gasteiger partial charge in [-0.25, -0.2) is 0 Å². The minimum absolute atomic E-state index is 0.363. The fourth-order valence-corrected chi connectivity index (χ4v) is 6.77. The highest BCUT2D eigenvalue weighted by Crippen LogP contribution is 2.15. The zero-order valence-electron chi connectivity index (χ0n) is 33.5. The first-order chi connectivity index (χ1) is 24.6. The normalized spacial score (nSPS) is 13.8. The van der Waals surface area contributed by atoms with E-state index in [4.69, 9.17) is 0 Å². The van der Waals surface area contributed by atoms with Gasteiger partial charge in [0.15, 0.2) is 0 Å². The molecule has 0 aromatic carbocycles. The fourth-order valence-electron chi connectivity index (χ4n) is 6.77. The van der Waals surface area contributed by atoms with Crippen molar-refractivity contribution in [2.24, 2.45) is 0 Å². The molecule has 0 heterocycles. The average molecular weight is 706 g/mol. The van der Waals surface area contributed by atoms with E-state index in [1.165, 1.54) is 180 Å². The van der Waals surface area contributed by atoms with Crippen LogP contribution in [0.2, 0.25) is 0 Å². The molecule has 0 saturated carbocycles. The number of hydrogen-bond acceptors (Lipinski definition) is 4. The van der Waals surface area contributed by atoms with Gasteiger partial charge in [0.25, 0.3) is 0 Å². The fraction of sp³-hybridized carbons (Fsp3) is 0.889. The summed E-state index contributed by atoms with van der Waals surface area (Å²) in [6, 6.07) is -0.794. The van der Waals surface area contributed by atoms with Gasteiger partial charge in [-0.3, -0.25) is 4.79 Å². The molecule has 0 saturated heterocycles. The standard InChI is InChI=1S/C45H87NO4/c1-3-5-7-9-11-13-15-16-17-18-19-20-21-22-23-24-25-26-27-28-29-30-32-34-36-38-40-44(49)45(50)46-42(41-47)43(48)39-37-35-33-31-14-12-10-8-6-4-2/h22-23,37,39,42-44,47-49H,3-21,24-36,38,40-41H2,1-2H3,(H,46,50)/b23-22-,39-37+. The molecule has 0 bridgehead atoms. The maximum Gasteiger partial charge on any atom is 0.249 e. The third-order valence-corrected chi connectivity index (χ3v) is 10.3. The smallest absolute Gasteiger partial charge is 0.249 e. The lowest BCUT2D eigenvalue weighted by atomic mass is 10.0. The Hall–Kier alpha value is -1.17. The number of carbonyl (C=O) groups excluding carboxylic acids is 1. The van der Waals surface area contributed by atoms with Gasteiger partial charge in [-0.1, -0.05) is 212 Å². The van der Waals surface area contributed by atoms with Crippen molar-refractivity contribution in [3.05, 3.63) is 24.3 Å². The predicted octanol–water partition coefficient (Wildman–Crippen LogP) is 12.6. The van der Waals surface area contributed by atoms with E-state index in [1.54, 1.807) is 6.08 Å². The molecule has 0 fully saturated rings. The first-order valence-electron chi connectivity index (χ1n) is 22.2. The predicted molar refractivity (Wildman–Crippen MR) is 218 cm³/mol. The summed E-state index contributed by atoms with van der Waals surface area (Å²) >= 11 is 0. The van der Waals surface area contributed by atoms with Crippen molar-refractivity contribution >= 4 is 5.91 Å². The van der Waals surface area contributed by atoms with Gasteiger partial charge in [0, 0.05) is 0 Å². The molecule has 50 heavy (non-hydrogen) atoms. The number of aliphatic hydroxyl groups excluding tert-OH is 3. The molecule has 0 aliphatic rings. The van der Waals surface area contributed by atoms with E-state index < -0.39 is 24.2 Å². The molecule has 296 valence electrons. The third-order valence-electron chi connectivity index (χ3n) is 10.3. The molecule has 0 aromatic heterocycles. The summed E-state index contributed by atoms with van der Waals surface area (Å²) in [7, 11) is 0. The third kappa shape index (κ3) is 35.2. The minimum Gasteiger partial charge on any atom is -0.394 e. The lowest BCUT2D eigenvalue weighted by Gasteiger charge is -2.21. The largest absolute Gasteiger partial charge is 0.394 e. The van der Waals surface area contributed by atoms with E-state index in [9.17, 15) is 20.1 Å². The van der Waals surface area contributed by atoms with Crippen LogP contribution in [0, 0.1) is 0 Å². The lowest BCUT2D eigenvalue weighted by Crippen LogP contribution is -2.48. The van der Waals surface area contributed by atoms with Gasteiger partial charge in [0.1, 0.15) is 6.10 Å². The highest BCUT2D eigenvalue weighted by molar-refractivity contribution is 5.80. The number of aliphatic hydroxyl groups is 3. The van der Waals surface area contributed by atoms with Gasteiger partial charge < -0.3 is 20.6 Å². The number of allylic oxidation sites excluding steroid dienone is 3. The van der Waals surface area contributed by atoms with Crippen molar-refractivity contribution in [3.63, 3.8) is 0 Å². The number of hydrogen-bond donors (Lipinski definition) is 4. The van der Waals surface area contributed by atoms with Crippen molar-refractivity contribution < 1.29 is 20.1 Å². The zero-order chi connectivity index (χ0) is 36.6. The van der Waals surface area contributed by atoms with Crippen LogP contribution in [0.5, 0.6) is 0 Å². The Labute approximate surface area is 312 Å². The maximum absolute atomic E-state index is 12.4. The molecule has 0 rings (SSSR count). The Kier molecular flexibility index (Phi) is 39.6. The van der Waals surface area contributed by atoms with Crippen LogP contribution in [0.4, 0.5) is 0 Å². The molecule has 0 spiro atoms. The molecule has 1 amide bonds. The Morgan fingerprint density at radius 2 is 0.800 bits per heavy atom. The zero-order valence-corrected chi connectivity index (χ0v) is 33.5. The van der Waals surface area contributed by atoms with Crippen LogP contribution in [0.25, 0.3) is 0 Å². The molecular weight excluding hydrogens is 618 g/mol. The van der Waals surface area contributed by atoms with E-state index >= 15 is 0 Å². The van der Waals surface area contributed by atoms with E-state index in [0.717, 1.165) is 32.1 Å². The summed E-state index contributed by atoms with van der Waals surface area (Å²) in [5.41, 5.74) is 0. The van der Waals surface area contributed by atoms with Crippen LogP contribution in [0.3, 0.4) is 0 Å². The summed E-state index contributed by atoms with van der Waals surface area (Å²) in [6.45, 7) is 4.16. The minimum atomic E-state index is -1.10. The molecule has 0 aliphatic heterocycles. The highest BCUT2D eigenvalue weighted by atomic mass is 16.3. The summed E-state index contributed by atoms with van der Waals surface area (Å²) in [5, 5.41) is 33.0. The Balaban J connectivity index is 3.57. The first kappa shape index (κ1) is 48.8. The molecule has 5 heteroatoms. The summed E-state index contributed by atoms with van der Waals surface area (Å²) in [4.78, 5) is 12.4. The van der Waals surface area contributed by atoms with Crippen molar-refractivity contribution in [1.29, 1.82) is 0 Å². The van der Waals surface area contributed by atoms with Gasteiger partial charge in [-0.2, -0.15) is 0 Å². The molecule has 0 radical (unpaired) electrons. The van der Waals surface area contributed by atoms with Crippen molar-refractivity contribution in [1.82, 2.24) is 5.32 Å². The topological polar surface area (TPSA) is 89.8 Å². The number of carbonyl (C=O) groups is 1. The second kappa shape index (κ2) is 40.6. The number of rotatable bonds is 40. The van der Waals surface area contributed by atoms with E-state index in [0.29, 0.717) is 6.42 Å². The van der Waals surface area contributed by atoms with Crippen molar-refractivity contribution in [2.75, 3.05) is 6.61 Å². The van der Waals surface area contributed by atoms with Crippen LogP contribution < -0.4 is 5.32 Å². The number of amides is 1. The Morgan fingerprint density at radius 3 is 1.16 bits per heavy atom.